The number of carbonyl (C=O) groups is 1. The number of hydrogen-bond donors (Lipinski definition) is 2. The molecule has 3 saturated heterocycles. The van der Waals surface area contributed by atoms with Gasteiger partial charge in [-0.25, -0.2) is 0 Å². The third-order valence-corrected chi connectivity index (χ3v) is 5.90. The summed E-state index contributed by atoms with van der Waals surface area (Å²) in [5.41, 5.74) is 0. The first-order chi connectivity index (χ1) is 12.6. The van der Waals surface area contributed by atoms with Crippen molar-refractivity contribution in [2.75, 3.05) is 0 Å². The van der Waals surface area contributed by atoms with Crippen LogP contribution in [0.3, 0.4) is 0 Å². The maximum atomic E-state index is 10.6. The fourth-order valence-electron chi connectivity index (χ4n) is 4.60. The van der Waals surface area contributed by atoms with E-state index in [1.807, 2.05) is 18.2 Å². The van der Waals surface area contributed by atoms with Crippen LogP contribution in [0.5, 0.6) is 0 Å². The predicted octanol–water partition coefficient (Wildman–Crippen LogP) is 3.47. The Balaban J connectivity index is 1.53. The van der Waals surface area contributed by atoms with Gasteiger partial charge in [0, 0.05) is 18.8 Å². The molecule has 0 unspecified atom stereocenters. The van der Waals surface area contributed by atoms with E-state index in [1.165, 1.54) is 12.8 Å². The summed E-state index contributed by atoms with van der Waals surface area (Å²) in [4.78, 5) is 10.6. The van der Waals surface area contributed by atoms with Crippen LogP contribution in [0.1, 0.15) is 58.3 Å². The molecule has 5 nitrogen and oxygen atoms in total. The van der Waals surface area contributed by atoms with E-state index in [2.05, 4.69) is 13.0 Å². The van der Waals surface area contributed by atoms with E-state index in [-0.39, 0.29) is 36.9 Å². The summed E-state index contributed by atoms with van der Waals surface area (Å²) in [7, 11) is 0. The van der Waals surface area contributed by atoms with Crippen molar-refractivity contribution in [3.05, 3.63) is 24.3 Å². The number of rotatable bonds is 10. The number of ether oxygens (including phenoxy) is 2. The monoisotopic (exact) mass is 364 g/mol. The second kappa shape index (κ2) is 9.16. The molecule has 3 aliphatic rings. The van der Waals surface area contributed by atoms with Gasteiger partial charge in [-0.1, -0.05) is 50.5 Å². The van der Waals surface area contributed by atoms with Crippen molar-refractivity contribution in [1.82, 2.24) is 0 Å². The summed E-state index contributed by atoms with van der Waals surface area (Å²) in [6, 6.07) is 0. The standard InChI is InChI=1S/C21H32O5/c1-2-3-4-7-14(22)10-11-16-17-12-15(8-5-6-9-20(23)24)25-19-13-18(16)26-21(17)19/h5,8,10-11,14-19,21-22H,2-4,6-7,9,12-13H2,1H3,(H,23,24)/b8-5+,11-10+/t14-,15-,16+,17+,18-,19-,21-/m0/s1. The van der Waals surface area contributed by atoms with Crippen LogP contribution in [0.4, 0.5) is 0 Å². The molecule has 3 fully saturated rings. The first-order valence-corrected chi connectivity index (χ1v) is 10.1. The minimum Gasteiger partial charge on any atom is -0.481 e. The van der Waals surface area contributed by atoms with E-state index < -0.39 is 5.97 Å². The third kappa shape index (κ3) is 4.76. The van der Waals surface area contributed by atoms with E-state index in [0.717, 1.165) is 25.7 Å². The SMILES string of the molecule is CCCCC[C@H](O)/C=C/[C@@H]1[C@H]2C[C@H](/C=C/CCC(=O)O)O[C@H]3C[C@@H]1O[C@@H]23. The lowest BCUT2D eigenvalue weighted by molar-refractivity contribution is -0.136. The number of aliphatic carboxylic acids is 1. The van der Waals surface area contributed by atoms with E-state index in [4.69, 9.17) is 14.6 Å². The van der Waals surface area contributed by atoms with Gasteiger partial charge in [-0.15, -0.1) is 0 Å². The molecule has 0 radical (unpaired) electrons. The topological polar surface area (TPSA) is 76.0 Å². The molecule has 5 heteroatoms. The van der Waals surface area contributed by atoms with Gasteiger partial charge in [0.1, 0.15) is 0 Å². The van der Waals surface area contributed by atoms with Crippen LogP contribution in [0.2, 0.25) is 0 Å². The number of carboxylic acid groups (broad SMARTS) is 1. The van der Waals surface area contributed by atoms with Gasteiger partial charge in [0.15, 0.2) is 0 Å². The molecule has 0 amide bonds. The molecular formula is C21H32O5. The number of hydrogen-bond acceptors (Lipinski definition) is 4. The number of fused-ring (bicyclic) bond motifs is 1. The van der Waals surface area contributed by atoms with Crippen molar-refractivity contribution < 1.29 is 24.5 Å². The number of unbranched alkanes of at least 4 members (excludes halogenated alkanes) is 2. The minimum atomic E-state index is -0.770. The first-order valence-electron chi connectivity index (χ1n) is 10.1. The zero-order valence-electron chi connectivity index (χ0n) is 15.6. The van der Waals surface area contributed by atoms with E-state index >= 15 is 0 Å². The zero-order valence-corrected chi connectivity index (χ0v) is 15.6. The van der Waals surface area contributed by atoms with Gasteiger partial charge in [-0.3, -0.25) is 4.79 Å². The maximum absolute atomic E-state index is 10.6. The number of aliphatic hydroxyl groups excluding tert-OH is 1. The molecule has 2 bridgehead atoms. The molecule has 0 saturated carbocycles. The Kier molecular flexibility index (Phi) is 6.90. The van der Waals surface area contributed by atoms with Gasteiger partial charge < -0.3 is 19.7 Å². The lowest BCUT2D eigenvalue weighted by Crippen LogP contribution is -2.45. The highest BCUT2D eigenvalue weighted by Crippen LogP contribution is 2.50. The van der Waals surface area contributed by atoms with Crippen LogP contribution in [-0.2, 0) is 14.3 Å². The number of allylic oxidation sites excluding steroid dienone is 1. The Bertz CT molecular complexity index is 528. The quantitative estimate of drug-likeness (QED) is 0.459. The molecule has 2 N–H and O–H groups in total. The van der Waals surface area contributed by atoms with Crippen LogP contribution in [0.25, 0.3) is 0 Å². The van der Waals surface area contributed by atoms with Crippen LogP contribution < -0.4 is 0 Å². The van der Waals surface area contributed by atoms with Gasteiger partial charge in [0.2, 0.25) is 0 Å². The summed E-state index contributed by atoms with van der Waals surface area (Å²) in [5.74, 6) is 0.0182. The molecule has 0 aliphatic carbocycles. The average molecular weight is 364 g/mol. The number of aliphatic hydroxyl groups is 1. The lowest BCUT2D eigenvalue weighted by Gasteiger charge is -2.39. The maximum Gasteiger partial charge on any atom is 0.303 e. The zero-order chi connectivity index (χ0) is 18.5. The molecular weight excluding hydrogens is 332 g/mol. The largest absolute Gasteiger partial charge is 0.481 e. The summed E-state index contributed by atoms with van der Waals surface area (Å²) in [6.45, 7) is 2.17. The molecule has 3 rings (SSSR count). The second-order valence-corrected chi connectivity index (χ2v) is 7.87. The summed E-state index contributed by atoms with van der Waals surface area (Å²) < 4.78 is 12.3. The van der Waals surface area contributed by atoms with Crippen LogP contribution in [-0.4, -0.2) is 46.7 Å². The Hall–Kier alpha value is -1.17. The predicted molar refractivity (Wildman–Crippen MR) is 98.8 cm³/mol. The normalized spacial score (nSPS) is 37.0. The Morgan fingerprint density at radius 3 is 2.81 bits per heavy atom. The molecule has 7 atom stereocenters. The summed E-state index contributed by atoms with van der Waals surface area (Å²) in [5, 5.41) is 18.9. The van der Waals surface area contributed by atoms with Crippen molar-refractivity contribution in [1.29, 1.82) is 0 Å². The van der Waals surface area contributed by atoms with Crippen molar-refractivity contribution in [3.8, 4) is 0 Å². The first kappa shape index (κ1) is 19.6. The smallest absolute Gasteiger partial charge is 0.303 e. The molecule has 3 heterocycles. The Morgan fingerprint density at radius 1 is 1.19 bits per heavy atom. The van der Waals surface area contributed by atoms with Gasteiger partial charge in [0.05, 0.1) is 30.5 Å². The Morgan fingerprint density at radius 2 is 2.04 bits per heavy atom. The minimum absolute atomic E-state index is 0.0445. The van der Waals surface area contributed by atoms with Crippen molar-refractivity contribution in [2.24, 2.45) is 11.8 Å². The molecule has 0 spiro atoms. The highest BCUT2D eigenvalue weighted by atomic mass is 16.6. The van der Waals surface area contributed by atoms with Gasteiger partial charge in [-0.2, -0.15) is 0 Å². The third-order valence-electron chi connectivity index (χ3n) is 5.90. The van der Waals surface area contributed by atoms with E-state index in [1.54, 1.807) is 0 Å². The van der Waals surface area contributed by atoms with Gasteiger partial charge in [-0.05, 0) is 25.2 Å². The van der Waals surface area contributed by atoms with Gasteiger partial charge in [0.25, 0.3) is 0 Å². The molecule has 0 aromatic rings. The molecule has 26 heavy (non-hydrogen) atoms. The summed E-state index contributed by atoms with van der Waals surface area (Å²) in [6.07, 6.45) is 15.1. The van der Waals surface area contributed by atoms with Crippen LogP contribution in [0, 0.1) is 11.8 Å². The van der Waals surface area contributed by atoms with Gasteiger partial charge >= 0.3 is 5.97 Å². The van der Waals surface area contributed by atoms with E-state index in [9.17, 15) is 9.90 Å². The van der Waals surface area contributed by atoms with Crippen LogP contribution in [0.15, 0.2) is 24.3 Å². The average Bonchev–Trinajstić information content (AvgIpc) is 3.16. The second-order valence-electron chi connectivity index (χ2n) is 7.87. The molecule has 0 aromatic carbocycles. The Labute approximate surface area is 156 Å². The van der Waals surface area contributed by atoms with Crippen molar-refractivity contribution >= 4 is 5.97 Å². The fraction of sp³-hybridized carbons (Fsp3) is 0.762. The van der Waals surface area contributed by atoms with Crippen molar-refractivity contribution in [2.45, 2.75) is 88.8 Å². The molecule has 146 valence electrons. The highest BCUT2D eigenvalue weighted by Gasteiger charge is 2.56. The lowest BCUT2D eigenvalue weighted by atomic mass is 9.73. The van der Waals surface area contributed by atoms with E-state index in [0.29, 0.717) is 18.3 Å². The summed E-state index contributed by atoms with van der Waals surface area (Å²) >= 11 is 0. The fourth-order valence-corrected chi connectivity index (χ4v) is 4.60. The van der Waals surface area contributed by atoms with Crippen LogP contribution >= 0.6 is 0 Å². The van der Waals surface area contributed by atoms with Crippen molar-refractivity contribution in [3.63, 3.8) is 0 Å². The number of carboxylic acids is 1. The molecule has 0 aromatic heterocycles. The molecule has 3 aliphatic heterocycles. The highest BCUT2D eigenvalue weighted by molar-refractivity contribution is 5.66.